The molecule has 0 unspecified atom stereocenters. The average Bonchev–Trinajstić information content (AvgIpc) is 3.18. The summed E-state index contributed by atoms with van der Waals surface area (Å²) in [4.78, 5) is 17.8. The van der Waals surface area contributed by atoms with Crippen molar-refractivity contribution in [2.45, 2.75) is 18.4 Å². The molecule has 18 heavy (non-hydrogen) atoms. The van der Waals surface area contributed by atoms with Crippen molar-refractivity contribution in [3.8, 4) is 0 Å². The number of nitrogens with two attached hydrogens (primary N) is 1. The Morgan fingerprint density at radius 1 is 1.56 bits per heavy atom. The van der Waals surface area contributed by atoms with E-state index in [0.717, 1.165) is 18.8 Å². The van der Waals surface area contributed by atoms with Crippen molar-refractivity contribution in [1.29, 1.82) is 0 Å². The SMILES string of the molecule is CNC(=O)c1cc(N2CC(N)(C3CC3)C2)ccn1. The Bertz CT molecular complexity index is 478. The summed E-state index contributed by atoms with van der Waals surface area (Å²) < 4.78 is 0. The molecule has 5 nitrogen and oxygen atoms in total. The third-order valence-corrected chi connectivity index (χ3v) is 3.93. The summed E-state index contributed by atoms with van der Waals surface area (Å²) in [5, 5.41) is 2.58. The van der Waals surface area contributed by atoms with E-state index >= 15 is 0 Å². The van der Waals surface area contributed by atoms with Gasteiger partial charge in [0.05, 0.1) is 5.54 Å². The fraction of sp³-hybridized carbons (Fsp3) is 0.538. The summed E-state index contributed by atoms with van der Waals surface area (Å²) >= 11 is 0. The third kappa shape index (κ3) is 1.84. The molecule has 2 fully saturated rings. The van der Waals surface area contributed by atoms with E-state index in [-0.39, 0.29) is 11.4 Å². The van der Waals surface area contributed by atoms with Gasteiger partial charge in [-0.3, -0.25) is 9.78 Å². The van der Waals surface area contributed by atoms with Crippen LogP contribution >= 0.6 is 0 Å². The first-order valence-corrected chi connectivity index (χ1v) is 6.34. The molecule has 1 aromatic rings. The maximum absolute atomic E-state index is 11.5. The van der Waals surface area contributed by atoms with Gasteiger partial charge in [0.25, 0.3) is 5.91 Å². The van der Waals surface area contributed by atoms with Gasteiger partial charge in [0.1, 0.15) is 5.69 Å². The fourth-order valence-corrected chi connectivity index (χ4v) is 2.63. The van der Waals surface area contributed by atoms with E-state index in [0.29, 0.717) is 11.6 Å². The zero-order valence-corrected chi connectivity index (χ0v) is 10.5. The van der Waals surface area contributed by atoms with Crippen molar-refractivity contribution in [3.05, 3.63) is 24.0 Å². The first-order chi connectivity index (χ1) is 8.62. The predicted molar refractivity (Wildman–Crippen MR) is 69.5 cm³/mol. The van der Waals surface area contributed by atoms with Crippen LogP contribution in [0.25, 0.3) is 0 Å². The molecule has 1 aliphatic carbocycles. The van der Waals surface area contributed by atoms with E-state index in [1.165, 1.54) is 12.8 Å². The highest BCUT2D eigenvalue weighted by Crippen LogP contribution is 2.44. The Kier molecular flexibility index (Phi) is 2.52. The lowest BCUT2D eigenvalue weighted by Gasteiger charge is -2.49. The Hall–Kier alpha value is -1.62. The van der Waals surface area contributed by atoms with Crippen molar-refractivity contribution >= 4 is 11.6 Å². The van der Waals surface area contributed by atoms with Gasteiger partial charge in [-0.1, -0.05) is 0 Å². The molecule has 1 saturated carbocycles. The highest BCUT2D eigenvalue weighted by Gasteiger charge is 2.50. The minimum absolute atomic E-state index is 0.00352. The summed E-state index contributed by atoms with van der Waals surface area (Å²) in [5.41, 5.74) is 7.81. The van der Waals surface area contributed by atoms with Crippen molar-refractivity contribution in [2.24, 2.45) is 11.7 Å². The van der Waals surface area contributed by atoms with Gasteiger partial charge in [-0.2, -0.15) is 0 Å². The number of nitrogens with one attached hydrogen (secondary N) is 1. The molecule has 1 aliphatic heterocycles. The van der Waals surface area contributed by atoms with Crippen LogP contribution in [-0.4, -0.2) is 36.6 Å². The van der Waals surface area contributed by atoms with E-state index < -0.39 is 0 Å². The Balaban J connectivity index is 1.72. The van der Waals surface area contributed by atoms with Gasteiger partial charge in [-0.25, -0.2) is 0 Å². The largest absolute Gasteiger partial charge is 0.368 e. The number of hydrogen-bond acceptors (Lipinski definition) is 4. The number of carbonyl (C=O) groups excluding carboxylic acids is 1. The van der Waals surface area contributed by atoms with Gasteiger partial charge < -0.3 is 16.0 Å². The van der Waals surface area contributed by atoms with Crippen molar-refractivity contribution in [1.82, 2.24) is 10.3 Å². The molecule has 0 aromatic carbocycles. The lowest BCUT2D eigenvalue weighted by Crippen LogP contribution is -2.69. The lowest BCUT2D eigenvalue weighted by molar-refractivity contribution is 0.0958. The summed E-state index contributed by atoms with van der Waals surface area (Å²) in [6, 6.07) is 3.75. The van der Waals surface area contributed by atoms with Crippen molar-refractivity contribution in [3.63, 3.8) is 0 Å². The Labute approximate surface area is 106 Å². The van der Waals surface area contributed by atoms with Gasteiger partial charge in [0.2, 0.25) is 0 Å². The molecular weight excluding hydrogens is 228 g/mol. The zero-order valence-electron chi connectivity index (χ0n) is 10.5. The molecule has 0 radical (unpaired) electrons. The number of rotatable bonds is 3. The van der Waals surface area contributed by atoms with Crippen LogP contribution in [0, 0.1) is 5.92 Å². The highest BCUT2D eigenvalue weighted by molar-refractivity contribution is 5.92. The average molecular weight is 246 g/mol. The zero-order chi connectivity index (χ0) is 12.8. The number of hydrogen-bond donors (Lipinski definition) is 2. The minimum Gasteiger partial charge on any atom is -0.368 e. The molecule has 0 bridgehead atoms. The van der Waals surface area contributed by atoms with E-state index in [2.05, 4.69) is 15.2 Å². The van der Waals surface area contributed by atoms with Crippen LogP contribution in [-0.2, 0) is 0 Å². The van der Waals surface area contributed by atoms with Crippen molar-refractivity contribution < 1.29 is 4.79 Å². The third-order valence-electron chi connectivity index (χ3n) is 3.93. The minimum atomic E-state index is -0.154. The Morgan fingerprint density at radius 2 is 2.28 bits per heavy atom. The van der Waals surface area contributed by atoms with Crippen LogP contribution in [0.15, 0.2) is 18.3 Å². The molecule has 3 N–H and O–H groups in total. The number of nitrogens with zero attached hydrogens (tertiary/aromatic N) is 2. The number of anilines is 1. The second kappa shape index (κ2) is 3.95. The summed E-state index contributed by atoms with van der Waals surface area (Å²) in [7, 11) is 1.61. The molecular formula is C13H18N4O. The van der Waals surface area contributed by atoms with Crippen LogP contribution in [0.1, 0.15) is 23.3 Å². The maximum Gasteiger partial charge on any atom is 0.269 e. The predicted octanol–water partition coefficient (Wildman–Crippen LogP) is 0.369. The Morgan fingerprint density at radius 3 is 2.89 bits per heavy atom. The maximum atomic E-state index is 11.5. The molecule has 96 valence electrons. The summed E-state index contributed by atoms with van der Waals surface area (Å²) in [5.74, 6) is 0.549. The molecule has 1 amide bonds. The molecule has 1 saturated heterocycles. The van der Waals surface area contributed by atoms with E-state index in [1.54, 1.807) is 13.2 Å². The van der Waals surface area contributed by atoms with Gasteiger partial charge in [-0.15, -0.1) is 0 Å². The second-order valence-corrected chi connectivity index (χ2v) is 5.34. The van der Waals surface area contributed by atoms with Crippen LogP contribution < -0.4 is 16.0 Å². The van der Waals surface area contributed by atoms with Crippen LogP contribution in [0.2, 0.25) is 0 Å². The lowest BCUT2D eigenvalue weighted by atomic mass is 9.85. The van der Waals surface area contributed by atoms with E-state index in [9.17, 15) is 4.79 Å². The fourth-order valence-electron chi connectivity index (χ4n) is 2.63. The van der Waals surface area contributed by atoms with E-state index in [1.807, 2.05) is 12.1 Å². The summed E-state index contributed by atoms with van der Waals surface area (Å²) in [6.07, 6.45) is 4.21. The van der Waals surface area contributed by atoms with E-state index in [4.69, 9.17) is 5.73 Å². The molecule has 0 atom stereocenters. The normalized spacial score (nSPS) is 21.3. The number of carbonyl (C=O) groups is 1. The summed E-state index contributed by atoms with van der Waals surface area (Å²) in [6.45, 7) is 1.77. The van der Waals surface area contributed by atoms with Gasteiger partial charge in [0.15, 0.2) is 0 Å². The first-order valence-electron chi connectivity index (χ1n) is 6.34. The second-order valence-electron chi connectivity index (χ2n) is 5.34. The van der Waals surface area contributed by atoms with Crippen molar-refractivity contribution in [2.75, 3.05) is 25.0 Å². The van der Waals surface area contributed by atoms with Crippen LogP contribution in [0.3, 0.4) is 0 Å². The number of aromatic nitrogens is 1. The molecule has 2 heterocycles. The standard InChI is InChI=1S/C13H18N4O/c1-15-12(18)11-6-10(4-5-16-11)17-7-13(14,8-17)9-2-3-9/h4-6,9H,2-3,7-8,14H2,1H3,(H,15,18). The van der Waals surface area contributed by atoms with Gasteiger partial charge in [0, 0.05) is 32.0 Å². The highest BCUT2D eigenvalue weighted by atomic mass is 16.1. The molecule has 2 aliphatic rings. The first kappa shape index (κ1) is 11.5. The van der Waals surface area contributed by atoms with Crippen LogP contribution in [0.5, 0.6) is 0 Å². The number of amides is 1. The molecule has 0 spiro atoms. The van der Waals surface area contributed by atoms with Crippen LogP contribution in [0.4, 0.5) is 5.69 Å². The van der Waals surface area contributed by atoms with Gasteiger partial charge >= 0.3 is 0 Å². The number of pyridine rings is 1. The quantitative estimate of drug-likeness (QED) is 0.808. The monoisotopic (exact) mass is 246 g/mol. The molecule has 5 heteroatoms. The van der Waals surface area contributed by atoms with Gasteiger partial charge in [-0.05, 0) is 30.9 Å². The molecule has 1 aromatic heterocycles. The topological polar surface area (TPSA) is 71.2 Å². The molecule has 3 rings (SSSR count). The smallest absolute Gasteiger partial charge is 0.269 e.